The summed E-state index contributed by atoms with van der Waals surface area (Å²) in [5, 5.41) is 7.36. The van der Waals surface area contributed by atoms with Crippen LogP contribution in [0.4, 0.5) is 0 Å². The average Bonchev–Trinajstić information content (AvgIpc) is 3.46. The highest BCUT2D eigenvalue weighted by Crippen LogP contribution is 2.41. The molecule has 1 aliphatic carbocycles. The van der Waals surface area contributed by atoms with Gasteiger partial charge in [0.15, 0.2) is 0 Å². The quantitative estimate of drug-likeness (QED) is 0.715. The fourth-order valence-electron chi connectivity index (χ4n) is 4.46. The van der Waals surface area contributed by atoms with Gasteiger partial charge in [0, 0.05) is 36.8 Å². The SMILES string of the molecule is CCC/C=C/C(=O)N1C[C@@H]2C[C@H]1[C@@H]2NC(=O)c1ccc(OC)c(-c2ccnn2C)c1. The van der Waals surface area contributed by atoms with Crippen molar-refractivity contribution in [3.63, 3.8) is 0 Å². The third kappa shape index (κ3) is 3.60. The van der Waals surface area contributed by atoms with Crippen LogP contribution in [0.5, 0.6) is 5.75 Å². The first-order valence-corrected chi connectivity index (χ1v) is 10.5. The zero-order valence-corrected chi connectivity index (χ0v) is 17.7. The molecule has 7 heteroatoms. The predicted molar refractivity (Wildman–Crippen MR) is 114 cm³/mol. The molecule has 1 N–H and O–H groups in total. The van der Waals surface area contributed by atoms with Crippen molar-refractivity contribution >= 4 is 11.8 Å². The van der Waals surface area contributed by atoms with Crippen molar-refractivity contribution in [3.05, 3.63) is 48.2 Å². The van der Waals surface area contributed by atoms with Crippen LogP contribution in [0.25, 0.3) is 11.3 Å². The standard InChI is InChI=1S/C23H28N4O3/c1-4-5-6-7-21(28)27-14-16-13-19(27)22(16)25-23(29)15-8-9-20(30-3)17(12-15)18-10-11-24-26(18)2/h6-12,16,19,22H,4-5,13-14H2,1-3H3,(H,25,29)/b7-6+/t16-,19-,22+/m0/s1. The van der Waals surface area contributed by atoms with Gasteiger partial charge < -0.3 is 15.0 Å². The molecular formula is C23H28N4O3. The Morgan fingerprint density at radius 2 is 2.17 bits per heavy atom. The Kier molecular flexibility index (Phi) is 5.61. The maximum absolute atomic E-state index is 13.0. The Morgan fingerprint density at radius 3 is 2.87 bits per heavy atom. The van der Waals surface area contributed by atoms with Crippen LogP contribution >= 0.6 is 0 Å². The van der Waals surface area contributed by atoms with Crippen LogP contribution in [0.3, 0.4) is 0 Å². The molecule has 0 radical (unpaired) electrons. The molecule has 0 spiro atoms. The van der Waals surface area contributed by atoms with Crippen LogP contribution in [0.2, 0.25) is 0 Å². The summed E-state index contributed by atoms with van der Waals surface area (Å²) >= 11 is 0. The average molecular weight is 409 g/mol. The second-order valence-electron chi connectivity index (χ2n) is 8.00. The number of aryl methyl sites for hydroxylation is 1. The minimum Gasteiger partial charge on any atom is -0.496 e. The minimum atomic E-state index is -0.128. The maximum Gasteiger partial charge on any atom is 0.251 e. The van der Waals surface area contributed by atoms with Gasteiger partial charge in [0.25, 0.3) is 5.91 Å². The number of carbonyl (C=O) groups is 2. The zero-order valence-electron chi connectivity index (χ0n) is 17.7. The Labute approximate surface area is 176 Å². The van der Waals surface area contributed by atoms with Gasteiger partial charge in [-0.15, -0.1) is 0 Å². The fraction of sp³-hybridized carbons (Fsp3) is 0.435. The first-order valence-electron chi connectivity index (χ1n) is 10.5. The molecule has 0 unspecified atom stereocenters. The van der Waals surface area contributed by atoms with Gasteiger partial charge in [0.2, 0.25) is 5.91 Å². The lowest BCUT2D eigenvalue weighted by Gasteiger charge is -2.36. The lowest BCUT2D eigenvalue weighted by molar-refractivity contribution is -0.126. The van der Waals surface area contributed by atoms with Crippen LogP contribution in [0.15, 0.2) is 42.6 Å². The summed E-state index contributed by atoms with van der Waals surface area (Å²) in [4.78, 5) is 27.3. The molecule has 2 saturated heterocycles. The van der Waals surface area contributed by atoms with Gasteiger partial charge in [-0.2, -0.15) is 5.10 Å². The zero-order chi connectivity index (χ0) is 21.3. The number of methoxy groups -OCH3 is 1. The molecule has 7 nitrogen and oxygen atoms in total. The Morgan fingerprint density at radius 1 is 1.33 bits per heavy atom. The molecule has 2 aromatic rings. The van der Waals surface area contributed by atoms with E-state index in [2.05, 4.69) is 17.3 Å². The first kappa shape index (κ1) is 20.2. The van der Waals surface area contributed by atoms with Gasteiger partial charge in [0.1, 0.15) is 5.75 Å². The number of ether oxygens (including phenoxy) is 1. The Hall–Kier alpha value is -3.09. The van der Waals surface area contributed by atoms with E-state index >= 15 is 0 Å². The summed E-state index contributed by atoms with van der Waals surface area (Å²) in [5.41, 5.74) is 2.26. The van der Waals surface area contributed by atoms with Crippen molar-refractivity contribution in [1.82, 2.24) is 20.0 Å². The van der Waals surface area contributed by atoms with E-state index in [0.717, 1.165) is 30.5 Å². The second kappa shape index (κ2) is 8.34. The van der Waals surface area contributed by atoms with Gasteiger partial charge >= 0.3 is 0 Å². The van der Waals surface area contributed by atoms with Gasteiger partial charge in [-0.25, -0.2) is 0 Å². The summed E-state index contributed by atoms with van der Waals surface area (Å²) in [6.45, 7) is 2.81. The molecule has 3 atom stereocenters. The molecule has 1 aromatic carbocycles. The second-order valence-corrected chi connectivity index (χ2v) is 8.00. The number of hydrogen-bond donors (Lipinski definition) is 1. The summed E-state index contributed by atoms with van der Waals surface area (Å²) in [6, 6.07) is 7.41. The van der Waals surface area contributed by atoms with E-state index < -0.39 is 0 Å². The summed E-state index contributed by atoms with van der Waals surface area (Å²) < 4.78 is 7.22. The molecule has 3 heterocycles. The number of nitrogens with zero attached hydrogens (tertiary/aromatic N) is 3. The molecule has 30 heavy (non-hydrogen) atoms. The lowest BCUT2D eigenvalue weighted by Crippen LogP contribution is -2.55. The van der Waals surface area contributed by atoms with Crippen LogP contribution in [0, 0.1) is 5.92 Å². The van der Waals surface area contributed by atoms with E-state index in [9.17, 15) is 9.59 Å². The van der Waals surface area contributed by atoms with Crippen LogP contribution < -0.4 is 10.1 Å². The third-order valence-corrected chi connectivity index (χ3v) is 6.15. The summed E-state index contributed by atoms with van der Waals surface area (Å²) in [6.07, 6.45) is 8.21. The lowest BCUT2D eigenvalue weighted by atomic mass is 9.80. The molecule has 2 bridgehead atoms. The number of rotatable bonds is 7. The van der Waals surface area contributed by atoms with Gasteiger partial charge in [-0.05, 0) is 43.2 Å². The fourth-order valence-corrected chi connectivity index (χ4v) is 4.46. The van der Waals surface area contributed by atoms with Crippen LogP contribution in [-0.2, 0) is 11.8 Å². The molecule has 158 valence electrons. The normalized spacial score (nSPS) is 22.2. The van der Waals surface area contributed by atoms with Crippen molar-refractivity contribution in [2.24, 2.45) is 13.0 Å². The number of fused-ring (bicyclic) bond motifs is 1. The number of nitrogens with one attached hydrogen (secondary N) is 1. The molecule has 5 rings (SSSR count). The number of unbranched alkanes of at least 4 members (excludes halogenated alkanes) is 1. The molecule has 1 saturated carbocycles. The van der Waals surface area contributed by atoms with Gasteiger partial charge in [-0.3, -0.25) is 14.3 Å². The first-order chi connectivity index (χ1) is 14.5. The number of allylic oxidation sites excluding steroid dienone is 1. The Bertz CT molecular complexity index is 981. The van der Waals surface area contributed by atoms with Crippen molar-refractivity contribution < 1.29 is 14.3 Å². The summed E-state index contributed by atoms with van der Waals surface area (Å²) in [5.74, 6) is 0.944. The number of amides is 2. The highest BCUT2D eigenvalue weighted by atomic mass is 16.5. The van der Waals surface area contributed by atoms with E-state index in [1.165, 1.54) is 0 Å². The topological polar surface area (TPSA) is 76.5 Å². The van der Waals surface area contributed by atoms with Gasteiger partial charge in [0.05, 0.1) is 24.9 Å². The minimum absolute atomic E-state index is 0.0169. The maximum atomic E-state index is 13.0. The largest absolute Gasteiger partial charge is 0.496 e. The number of benzene rings is 1. The Balaban J connectivity index is 1.47. The van der Waals surface area contributed by atoms with Crippen LogP contribution in [-0.4, -0.2) is 52.2 Å². The molecule has 2 amide bonds. The third-order valence-electron chi connectivity index (χ3n) is 6.15. The highest BCUT2D eigenvalue weighted by Gasteiger charge is 2.53. The van der Waals surface area contributed by atoms with Crippen LogP contribution in [0.1, 0.15) is 36.5 Å². The van der Waals surface area contributed by atoms with Crippen molar-refractivity contribution in [1.29, 1.82) is 0 Å². The van der Waals surface area contributed by atoms with E-state index in [4.69, 9.17) is 4.74 Å². The van der Waals surface area contributed by atoms with E-state index in [0.29, 0.717) is 23.8 Å². The van der Waals surface area contributed by atoms with E-state index in [1.807, 2.05) is 30.2 Å². The summed E-state index contributed by atoms with van der Waals surface area (Å²) in [7, 11) is 3.47. The van der Waals surface area contributed by atoms with E-state index in [1.54, 1.807) is 36.2 Å². The number of aromatic nitrogens is 2. The van der Waals surface area contributed by atoms with Crippen molar-refractivity contribution in [2.45, 2.75) is 38.3 Å². The van der Waals surface area contributed by atoms with Crippen molar-refractivity contribution in [2.75, 3.05) is 13.7 Å². The molecule has 2 aliphatic heterocycles. The van der Waals surface area contributed by atoms with E-state index in [-0.39, 0.29) is 23.9 Å². The molecule has 1 aromatic heterocycles. The highest BCUT2D eigenvalue weighted by molar-refractivity contribution is 5.96. The smallest absolute Gasteiger partial charge is 0.251 e. The molecule has 3 aliphatic rings. The van der Waals surface area contributed by atoms with Gasteiger partial charge in [-0.1, -0.05) is 19.4 Å². The monoisotopic (exact) mass is 408 g/mol. The number of hydrogen-bond acceptors (Lipinski definition) is 4. The predicted octanol–water partition coefficient (Wildman–Crippen LogP) is 2.78. The molecular weight excluding hydrogens is 380 g/mol. The molecule has 3 fully saturated rings. The number of carbonyl (C=O) groups excluding carboxylic acids is 2. The van der Waals surface area contributed by atoms with Crippen molar-refractivity contribution in [3.8, 4) is 17.0 Å².